The number of likely N-dealkylation sites (N-methyl/N-ethyl adjacent to an activating group) is 4. The summed E-state index contributed by atoms with van der Waals surface area (Å²) in [6.07, 6.45) is 8.90. The summed E-state index contributed by atoms with van der Waals surface area (Å²) in [7, 11) is 17.3. The van der Waals surface area contributed by atoms with Crippen molar-refractivity contribution in [3.05, 3.63) is 277 Å². The molecule has 4 nitrogen and oxygen atoms in total. The summed E-state index contributed by atoms with van der Waals surface area (Å²) in [5.41, 5.74) is 16.5. The van der Waals surface area contributed by atoms with Crippen molar-refractivity contribution in [2.75, 3.05) is 56.4 Å². The third-order valence-electron chi connectivity index (χ3n) is 17.9. The summed E-state index contributed by atoms with van der Waals surface area (Å²) in [5.74, 6) is 1.54. The average Bonchev–Trinajstić information content (AvgIpc) is 2.50. The van der Waals surface area contributed by atoms with E-state index in [1.807, 2.05) is 48.5 Å². The molecule has 4 aliphatic rings. The van der Waals surface area contributed by atoms with Crippen molar-refractivity contribution in [3.63, 3.8) is 0 Å². The highest BCUT2D eigenvalue weighted by Crippen LogP contribution is 2.44. The molecule has 0 fully saturated rings. The van der Waals surface area contributed by atoms with Crippen LogP contribution in [0.25, 0.3) is 0 Å². The molecule has 8 atom stereocenters. The molecule has 440 valence electrons. The average molecular weight is 1280 g/mol. The number of hydrogen-bond acceptors (Lipinski definition) is 4. The van der Waals surface area contributed by atoms with E-state index in [-0.39, 0.29) is 0 Å². The molecule has 0 aliphatic heterocycles. The number of rotatable bonds is 8. The Balaban J connectivity index is 0.000000134. The van der Waals surface area contributed by atoms with Gasteiger partial charge >= 0.3 is 0 Å². The molecule has 0 aromatic heterocycles. The van der Waals surface area contributed by atoms with Crippen LogP contribution >= 0.6 is 92.8 Å². The first-order chi connectivity index (χ1) is 40.2. The zero-order valence-electron chi connectivity index (χ0n) is 49.3. The summed E-state index contributed by atoms with van der Waals surface area (Å²) >= 11 is 49.1. The van der Waals surface area contributed by atoms with Crippen LogP contribution in [0.15, 0.2) is 170 Å². The number of benzene rings is 8. The van der Waals surface area contributed by atoms with Gasteiger partial charge in [0.1, 0.15) is 0 Å². The van der Waals surface area contributed by atoms with Crippen molar-refractivity contribution in [1.82, 2.24) is 19.6 Å². The Morgan fingerprint density at radius 1 is 0.250 bits per heavy atom. The first kappa shape index (κ1) is 64.4. The van der Waals surface area contributed by atoms with Gasteiger partial charge < -0.3 is 19.6 Å². The fraction of sp³-hybridized carbons (Fsp3) is 0.333. The van der Waals surface area contributed by atoms with E-state index in [2.05, 4.69) is 197 Å². The Morgan fingerprint density at radius 3 is 0.619 bits per heavy atom. The zero-order chi connectivity index (χ0) is 59.9. The molecule has 12 heteroatoms. The molecule has 0 heterocycles. The molecule has 84 heavy (non-hydrogen) atoms. The van der Waals surface area contributed by atoms with E-state index in [9.17, 15) is 0 Å². The van der Waals surface area contributed by atoms with Crippen molar-refractivity contribution < 1.29 is 0 Å². The van der Waals surface area contributed by atoms with Gasteiger partial charge in [-0.3, -0.25) is 0 Å². The molecule has 8 aromatic carbocycles. The number of nitrogens with zero attached hydrogens (tertiary/aromatic N) is 4. The summed E-state index contributed by atoms with van der Waals surface area (Å²) < 4.78 is 0. The summed E-state index contributed by atoms with van der Waals surface area (Å²) in [5, 5.41) is 5.03. The highest BCUT2D eigenvalue weighted by molar-refractivity contribution is 6.43. The maximum Gasteiger partial charge on any atom is 0.0595 e. The van der Waals surface area contributed by atoms with Gasteiger partial charge in [0, 0.05) is 47.8 Å². The molecule has 0 amide bonds. The maximum atomic E-state index is 6.22. The van der Waals surface area contributed by atoms with Gasteiger partial charge in [-0.15, -0.1) is 0 Å². The minimum Gasteiger partial charge on any atom is -0.306 e. The highest BCUT2D eigenvalue weighted by atomic mass is 35.5. The van der Waals surface area contributed by atoms with Gasteiger partial charge in [-0.05, 0) is 223 Å². The van der Waals surface area contributed by atoms with Crippen molar-refractivity contribution >= 4 is 92.8 Å². The van der Waals surface area contributed by atoms with Crippen molar-refractivity contribution in [3.8, 4) is 0 Å². The second-order valence-electron chi connectivity index (χ2n) is 23.9. The summed E-state index contributed by atoms with van der Waals surface area (Å²) in [4.78, 5) is 9.28. The lowest BCUT2D eigenvalue weighted by atomic mass is 9.76. The van der Waals surface area contributed by atoms with E-state index in [1.165, 1.54) is 66.8 Å². The Bertz CT molecular complexity index is 3070. The molecule has 8 aromatic rings. The summed E-state index contributed by atoms with van der Waals surface area (Å²) in [6, 6.07) is 61.3. The molecule has 0 bridgehead atoms. The first-order valence-electron chi connectivity index (χ1n) is 29.0. The normalized spacial score (nSPS) is 21.4. The minimum absolute atomic E-state index is 0.386. The second-order valence-corrected chi connectivity index (χ2v) is 27.2. The van der Waals surface area contributed by atoms with Crippen molar-refractivity contribution in [2.45, 2.75) is 99.2 Å². The lowest BCUT2D eigenvalue weighted by molar-refractivity contribution is 0.258. The minimum atomic E-state index is 0.386. The molecule has 12 rings (SSSR count). The molecule has 0 spiro atoms. The Hall–Kier alpha value is -4.08. The number of halogens is 8. The Kier molecular flexibility index (Phi) is 22.4. The van der Waals surface area contributed by atoms with E-state index >= 15 is 0 Å². The Morgan fingerprint density at radius 2 is 0.440 bits per heavy atom. The lowest BCUT2D eigenvalue weighted by Crippen LogP contribution is -2.35. The SMILES string of the molecule is CN(C)[C@@H]1Cc2ccccc2[C@@H](c2ccc(Cl)c(Cl)c2)C1.CN(C)[C@@H]1Cc2ccccc2[C@H](c2ccc(Cl)c(Cl)c2)C1.CN(C)[C@H]1Cc2ccccc2[C@@H](c2ccc(Cl)c(Cl)c2)C1.CN(C)[C@H]1Cc2ccccc2[C@H](c2ccc(Cl)c(Cl)c2)C1. The van der Waals surface area contributed by atoms with E-state index in [0.717, 1.165) is 51.4 Å². The monoisotopic (exact) mass is 1280 g/mol. The third-order valence-corrected chi connectivity index (χ3v) is 20.8. The highest BCUT2D eigenvalue weighted by Gasteiger charge is 2.33. The van der Waals surface area contributed by atoms with E-state index in [0.29, 0.717) is 88.0 Å². The van der Waals surface area contributed by atoms with Crippen LogP contribution in [0.5, 0.6) is 0 Å². The molecular formula is C72H76Cl8N4. The smallest absolute Gasteiger partial charge is 0.0595 e. The third kappa shape index (κ3) is 15.6. The molecule has 0 saturated carbocycles. The van der Waals surface area contributed by atoms with Gasteiger partial charge in [0.05, 0.1) is 40.2 Å². The molecular weight excluding hydrogens is 1200 g/mol. The van der Waals surface area contributed by atoms with Crippen LogP contribution in [0.2, 0.25) is 40.2 Å². The zero-order valence-corrected chi connectivity index (χ0v) is 55.3. The predicted molar refractivity (Wildman–Crippen MR) is 362 cm³/mol. The van der Waals surface area contributed by atoms with E-state index in [4.69, 9.17) is 92.8 Å². The second kappa shape index (κ2) is 29.3. The van der Waals surface area contributed by atoms with Crippen LogP contribution in [0.1, 0.15) is 116 Å². The molecule has 0 unspecified atom stereocenters. The maximum absolute atomic E-state index is 6.22. The van der Waals surface area contributed by atoms with Crippen LogP contribution in [-0.4, -0.2) is 100 Å². The van der Waals surface area contributed by atoms with Crippen LogP contribution in [-0.2, 0) is 25.7 Å². The standard InChI is InChI=1S/4C18H19Cl2N/c4*1-21(2)14-9-12-5-3-4-6-15(12)16(11-14)13-7-8-17(19)18(20)10-13/h4*3-8,10,14,16H,9,11H2,1-2H3/t2*14-,16+;2*14-,16-/m1010/s1. The first-order valence-corrected chi connectivity index (χ1v) is 32.0. The van der Waals surface area contributed by atoms with Crippen LogP contribution < -0.4 is 0 Å². The number of hydrogen-bond donors (Lipinski definition) is 0. The van der Waals surface area contributed by atoms with Crippen LogP contribution in [0.4, 0.5) is 0 Å². The van der Waals surface area contributed by atoms with Crippen molar-refractivity contribution in [1.29, 1.82) is 0 Å². The molecule has 4 aliphatic carbocycles. The van der Waals surface area contributed by atoms with Gasteiger partial charge in [0.2, 0.25) is 0 Å². The largest absolute Gasteiger partial charge is 0.306 e. The molecule has 0 radical (unpaired) electrons. The van der Waals surface area contributed by atoms with Gasteiger partial charge in [0.25, 0.3) is 0 Å². The quantitative estimate of drug-likeness (QED) is 0.150. The molecule has 0 saturated heterocycles. The van der Waals surface area contributed by atoms with E-state index in [1.54, 1.807) is 0 Å². The summed E-state index contributed by atoms with van der Waals surface area (Å²) in [6.45, 7) is 0. The van der Waals surface area contributed by atoms with Crippen molar-refractivity contribution in [2.24, 2.45) is 0 Å². The fourth-order valence-corrected chi connectivity index (χ4v) is 14.2. The van der Waals surface area contributed by atoms with Gasteiger partial charge in [-0.25, -0.2) is 0 Å². The van der Waals surface area contributed by atoms with E-state index < -0.39 is 0 Å². The topological polar surface area (TPSA) is 13.0 Å². The van der Waals surface area contributed by atoms with Gasteiger partial charge in [0.15, 0.2) is 0 Å². The Labute approximate surface area is 540 Å². The van der Waals surface area contributed by atoms with Gasteiger partial charge in [-0.2, -0.15) is 0 Å². The van der Waals surface area contributed by atoms with Crippen LogP contribution in [0.3, 0.4) is 0 Å². The number of fused-ring (bicyclic) bond motifs is 4. The fourth-order valence-electron chi connectivity index (χ4n) is 12.9. The predicted octanol–water partition coefficient (Wildman–Crippen LogP) is 20.0. The van der Waals surface area contributed by atoms with Crippen LogP contribution in [0, 0.1) is 0 Å². The lowest BCUT2D eigenvalue weighted by Gasteiger charge is -2.35. The molecule has 0 N–H and O–H groups in total. The van der Waals surface area contributed by atoms with Gasteiger partial charge in [-0.1, -0.05) is 214 Å².